The van der Waals surface area contributed by atoms with E-state index < -0.39 is 11.8 Å². The van der Waals surface area contributed by atoms with Gasteiger partial charge in [-0.1, -0.05) is 6.07 Å². The van der Waals surface area contributed by atoms with Crippen LogP contribution in [0.15, 0.2) is 42.6 Å². The fourth-order valence-corrected chi connectivity index (χ4v) is 2.64. The Morgan fingerprint density at radius 2 is 2.17 bits per heavy atom. The molecule has 0 bridgehead atoms. The van der Waals surface area contributed by atoms with Crippen molar-refractivity contribution < 1.29 is 14.0 Å². The predicted molar refractivity (Wildman–Crippen MR) is 88.3 cm³/mol. The van der Waals surface area contributed by atoms with E-state index in [-0.39, 0.29) is 18.4 Å². The summed E-state index contributed by atoms with van der Waals surface area (Å²) in [5.41, 5.74) is 1.47. The van der Waals surface area contributed by atoms with Crippen molar-refractivity contribution in [1.82, 2.24) is 10.3 Å². The van der Waals surface area contributed by atoms with E-state index in [0.29, 0.717) is 18.1 Å². The van der Waals surface area contributed by atoms with E-state index in [1.54, 1.807) is 24.4 Å². The number of pyridine rings is 1. The van der Waals surface area contributed by atoms with Gasteiger partial charge in [0.2, 0.25) is 5.91 Å². The summed E-state index contributed by atoms with van der Waals surface area (Å²) in [4.78, 5) is 29.7. The zero-order valence-corrected chi connectivity index (χ0v) is 13.1. The quantitative estimate of drug-likeness (QED) is 0.909. The third kappa shape index (κ3) is 3.68. The van der Waals surface area contributed by atoms with Crippen LogP contribution in [0.25, 0.3) is 0 Å². The molecule has 0 spiro atoms. The highest BCUT2D eigenvalue weighted by Crippen LogP contribution is 2.22. The number of carbonyl (C=O) groups is 2. The summed E-state index contributed by atoms with van der Waals surface area (Å²) in [5, 5.41) is 5.38. The largest absolute Gasteiger partial charge is 0.333 e. The molecular formula is C17H17FN4O2. The van der Waals surface area contributed by atoms with Gasteiger partial charge in [0, 0.05) is 24.8 Å². The van der Waals surface area contributed by atoms with Crippen LogP contribution in [-0.2, 0) is 4.79 Å². The molecule has 1 aromatic heterocycles. The van der Waals surface area contributed by atoms with Crippen LogP contribution in [0.4, 0.5) is 20.7 Å². The van der Waals surface area contributed by atoms with Crippen LogP contribution in [0.5, 0.6) is 0 Å². The van der Waals surface area contributed by atoms with Gasteiger partial charge in [-0.05, 0) is 42.8 Å². The van der Waals surface area contributed by atoms with Gasteiger partial charge in [0.15, 0.2) is 0 Å². The standard InChI is InChI=1S/C17H17FN4O2/c1-11-5-6-19-15(7-11)21-17(24)20-13-9-16(23)22(10-13)14-4-2-3-12(18)8-14/h2-8,13H,9-10H2,1H3,(H2,19,20,21,24)/t13-/m0/s1. The highest BCUT2D eigenvalue weighted by molar-refractivity contribution is 5.97. The molecule has 1 aliphatic heterocycles. The van der Waals surface area contributed by atoms with Gasteiger partial charge in [0.1, 0.15) is 11.6 Å². The summed E-state index contributed by atoms with van der Waals surface area (Å²) in [7, 11) is 0. The van der Waals surface area contributed by atoms with E-state index in [2.05, 4.69) is 15.6 Å². The van der Waals surface area contributed by atoms with Crippen molar-refractivity contribution in [3.8, 4) is 0 Å². The third-order valence-electron chi connectivity index (χ3n) is 3.74. The van der Waals surface area contributed by atoms with Gasteiger partial charge in [0.05, 0.1) is 6.04 Å². The first-order valence-corrected chi connectivity index (χ1v) is 7.57. The van der Waals surface area contributed by atoms with Crippen molar-refractivity contribution in [2.75, 3.05) is 16.8 Å². The Kier molecular flexibility index (Phi) is 4.41. The highest BCUT2D eigenvalue weighted by Gasteiger charge is 2.31. The minimum Gasteiger partial charge on any atom is -0.333 e. The van der Waals surface area contributed by atoms with Crippen molar-refractivity contribution in [3.63, 3.8) is 0 Å². The van der Waals surface area contributed by atoms with E-state index >= 15 is 0 Å². The van der Waals surface area contributed by atoms with Crippen LogP contribution in [-0.4, -0.2) is 29.5 Å². The molecular weight excluding hydrogens is 311 g/mol. The second kappa shape index (κ2) is 6.66. The number of hydrogen-bond acceptors (Lipinski definition) is 3. The van der Waals surface area contributed by atoms with Crippen LogP contribution in [0, 0.1) is 12.7 Å². The number of hydrogen-bond donors (Lipinski definition) is 2. The molecule has 1 fully saturated rings. The van der Waals surface area contributed by atoms with Crippen LogP contribution < -0.4 is 15.5 Å². The van der Waals surface area contributed by atoms with Crippen molar-refractivity contribution >= 4 is 23.4 Å². The van der Waals surface area contributed by atoms with Gasteiger partial charge in [-0.3, -0.25) is 10.1 Å². The number of nitrogens with one attached hydrogen (secondary N) is 2. The maximum absolute atomic E-state index is 13.3. The number of carbonyl (C=O) groups excluding carboxylic acids is 2. The summed E-state index contributed by atoms with van der Waals surface area (Å²) >= 11 is 0. The fraction of sp³-hybridized carbons (Fsp3) is 0.235. The maximum Gasteiger partial charge on any atom is 0.320 e. The highest BCUT2D eigenvalue weighted by atomic mass is 19.1. The number of benzene rings is 1. The zero-order valence-electron chi connectivity index (χ0n) is 13.1. The molecule has 24 heavy (non-hydrogen) atoms. The first-order valence-electron chi connectivity index (χ1n) is 7.57. The SMILES string of the molecule is Cc1ccnc(NC(=O)N[C@H]2CC(=O)N(c3cccc(F)c3)C2)c1. The summed E-state index contributed by atoms with van der Waals surface area (Å²) in [6, 6.07) is 8.65. The molecule has 2 N–H and O–H groups in total. The van der Waals surface area contributed by atoms with Gasteiger partial charge in [-0.25, -0.2) is 14.2 Å². The number of anilines is 2. The molecule has 1 aromatic carbocycles. The molecule has 7 heteroatoms. The average molecular weight is 328 g/mol. The van der Waals surface area contributed by atoms with Crippen molar-refractivity contribution in [2.45, 2.75) is 19.4 Å². The van der Waals surface area contributed by atoms with Crippen LogP contribution >= 0.6 is 0 Å². The number of aryl methyl sites for hydroxylation is 1. The second-order valence-corrected chi connectivity index (χ2v) is 5.70. The Hall–Kier alpha value is -2.96. The van der Waals surface area contributed by atoms with E-state index in [0.717, 1.165) is 5.56 Å². The van der Waals surface area contributed by atoms with E-state index in [1.165, 1.54) is 17.0 Å². The Balaban J connectivity index is 1.61. The van der Waals surface area contributed by atoms with Crippen molar-refractivity contribution in [2.24, 2.45) is 0 Å². The summed E-state index contributed by atoms with van der Waals surface area (Å²) < 4.78 is 13.3. The number of amides is 3. The summed E-state index contributed by atoms with van der Waals surface area (Å²) in [6.45, 7) is 2.20. The molecule has 0 unspecified atom stereocenters. The number of rotatable bonds is 3. The first kappa shape index (κ1) is 15.9. The van der Waals surface area contributed by atoms with Gasteiger partial charge in [0.25, 0.3) is 0 Å². The van der Waals surface area contributed by atoms with Gasteiger partial charge >= 0.3 is 6.03 Å². The molecule has 2 heterocycles. The van der Waals surface area contributed by atoms with Crippen molar-refractivity contribution in [3.05, 3.63) is 54.0 Å². The smallest absolute Gasteiger partial charge is 0.320 e. The number of aromatic nitrogens is 1. The molecule has 124 valence electrons. The topological polar surface area (TPSA) is 74.3 Å². The second-order valence-electron chi connectivity index (χ2n) is 5.70. The minimum atomic E-state index is -0.424. The molecule has 0 saturated carbocycles. The summed E-state index contributed by atoms with van der Waals surface area (Å²) in [6.07, 6.45) is 1.78. The van der Waals surface area contributed by atoms with Crippen LogP contribution in [0.3, 0.4) is 0 Å². The Morgan fingerprint density at radius 3 is 2.92 bits per heavy atom. The van der Waals surface area contributed by atoms with Gasteiger partial charge in [-0.2, -0.15) is 0 Å². The average Bonchev–Trinajstić information content (AvgIpc) is 2.87. The lowest BCUT2D eigenvalue weighted by Crippen LogP contribution is -2.39. The number of urea groups is 1. The zero-order chi connectivity index (χ0) is 17.1. The van der Waals surface area contributed by atoms with E-state index in [1.807, 2.05) is 13.0 Å². The van der Waals surface area contributed by atoms with E-state index in [9.17, 15) is 14.0 Å². The minimum absolute atomic E-state index is 0.153. The first-order chi connectivity index (χ1) is 11.5. The Labute approximate surface area is 138 Å². The maximum atomic E-state index is 13.3. The predicted octanol–water partition coefficient (Wildman–Crippen LogP) is 2.46. The molecule has 3 rings (SSSR count). The molecule has 1 atom stereocenters. The monoisotopic (exact) mass is 328 g/mol. The molecule has 1 saturated heterocycles. The van der Waals surface area contributed by atoms with Gasteiger partial charge < -0.3 is 10.2 Å². The molecule has 0 aliphatic carbocycles. The molecule has 0 radical (unpaired) electrons. The lowest BCUT2D eigenvalue weighted by molar-refractivity contribution is -0.117. The van der Waals surface area contributed by atoms with Crippen LogP contribution in [0.2, 0.25) is 0 Å². The van der Waals surface area contributed by atoms with Crippen molar-refractivity contribution in [1.29, 1.82) is 0 Å². The number of halogens is 1. The molecule has 3 amide bonds. The Bertz CT molecular complexity index is 781. The number of nitrogens with zero attached hydrogens (tertiary/aromatic N) is 2. The molecule has 6 nitrogen and oxygen atoms in total. The lowest BCUT2D eigenvalue weighted by Gasteiger charge is -2.17. The third-order valence-corrected chi connectivity index (χ3v) is 3.74. The Morgan fingerprint density at radius 1 is 1.33 bits per heavy atom. The van der Waals surface area contributed by atoms with Crippen LogP contribution in [0.1, 0.15) is 12.0 Å². The summed E-state index contributed by atoms with van der Waals surface area (Å²) in [5.74, 6) is -0.113. The lowest BCUT2D eigenvalue weighted by atomic mass is 10.2. The molecule has 1 aliphatic rings. The molecule has 2 aromatic rings. The fourth-order valence-electron chi connectivity index (χ4n) is 2.64. The van der Waals surface area contributed by atoms with E-state index in [4.69, 9.17) is 0 Å². The van der Waals surface area contributed by atoms with Gasteiger partial charge in [-0.15, -0.1) is 0 Å². The normalized spacial score (nSPS) is 17.0.